The van der Waals surface area contributed by atoms with Gasteiger partial charge in [0, 0.05) is 0 Å². The SMILES string of the molecule is c1ccc(CCCCNCCc2cc(CCNCCCCc3ccccc3)cc(CCNCCCCc3ccccc3)c2)cc1. The highest BCUT2D eigenvalue weighted by Crippen LogP contribution is 2.13. The molecular formula is C42H57N3. The molecule has 240 valence electrons. The molecule has 0 spiro atoms. The molecule has 0 amide bonds. The summed E-state index contributed by atoms with van der Waals surface area (Å²) in [4.78, 5) is 0. The second-order valence-electron chi connectivity index (χ2n) is 12.5. The summed E-state index contributed by atoms with van der Waals surface area (Å²) in [5.74, 6) is 0. The van der Waals surface area contributed by atoms with Crippen molar-refractivity contribution in [2.24, 2.45) is 0 Å². The van der Waals surface area contributed by atoms with E-state index in [1.165, 1.54) is 91.2 Å². The molecule has 0 aliphatic carbocycles. The zero-order valence-corrected chi connectivity index (χ0v) is 27.6. The van der Waals surface area contributed by atoms with Crippen LogP contribution in [0.15, 0.2) is 109 Å². The Labute approximate surface area is 274 Å². The first-order valence-corrected chi connectivity index (χ1v) is 17.7. The van der Waals surface area contributed by atoms with Gasteiger partial charge in [0.05, 0.1) is 0 Å². The first-order chi connectivity index (χ1) is 22.3. The number of rotatable bonds is 24. The van der Waals surface area contributed by atoms with E-state index in [1.807, 2.05) is 0 Å². The fraction of sp³-hybridized carbons (Fsp3) is 0.429. The minimum atomic E-state index is 1.05. The van der Waals surface area contributed by atoms with Crippen molar-refractivity contribution in [1.29, 1.82) is 0 Å². The lowest BCUT2D eigenvalue weighted by Crippen LogP contribution is -2.20. The van der Waals surface area contributed by atoms with Gasteiger partial charge in [0.1, 0.15) is 0 Å². The lowest BCUT2D eigenvalue weighted by Gasteiger charge is -2.12. The molecule has 0 aliphatic heterocycles. The van der Waals surface area contributed by atoms with Crippen LogP contribution in [-0.4, -0.2) is 39.3 Å². The van der Waals surface area contributed by atoms with Crippen molar-refractivity contribution in [2.45, 2.75) is 77.0 Å². The van der Waals surface area contributed by atoms with Crippen LogP contribution in [0.5, 0.6) is 0 Å². The summed E-state index contributed by atoms with van der Waals surface area (Å²) in [7, 11) is 0. The van der Waals surface area contributed by atoms with E-state index in [9.17, 15) is 0 Å². The Kier molecular flexibility index (Phi) is 17.2. The van der Waals surface area contributed by atoms with Gasteiger partial charge in [-0.1, -0.05) is 109 Å². The highest BCUT2D eigenvalue weighted by Gasteiger charge is 2.04. The molecule has 0 saturated heterocycles. The van der Waals surface area contributed by atoms with Crippen LogP contribution in [0.2, 0.25) is 0 Å². The number of hydrogen-bond donors (Lipinski definition) is 3. The van der Waals surface area contributed by atoms with Crippen LogP contribution in [0.25, 0.3) is 0 Å². The maximum Gasteiger partial charge on any atom is -0.000835 e. The van der Waals surface area contributed by atoms with Gasteiger partial charge in [-0.25, -0.2) is 0 Å². The summed E-state index contributed by atoms with van der Waals surface area (Å²) < 4.78 is 0. The topological polar surface area (TPSA) is 36.1 Å². The smallest absolute Gasteiger partial charge is 0.000835 e. The van der Waals surface area contributed by atoms with Crippen LogP contribution in [0, 0.1) is 0 Å². The average molecular weight is 604 g/mol. The van der Waals surface area contributed by atoms with Crippen LogP contribution < -0.4 is 16.0 Å². The highest BCUT2D eigenvalue weighted by atomic mass is 14.8. The zero-order valence-electron chi connectivity index (χ0n) is 27.6. The first kappa shape index (κ1) is 34.6. The number of aryl methyl sites for hydroxylation is 3. The summed E-state index contributed by atoms with van der Waals surface area (Å²) in [5, 5.41) is 11.1. The molecule has 4 aromatic carbocycles. The predicted molar refractivity (Wildman–Crippen MR) is 194 cm³/mol. The second-order valence-corrected chi connectivity index (χ2v) is 12.5. The zero-order chi connectivity index (χ0) is 31.0. The van der Waals surface area contributed by atoms with Gasteiger partial charge in [-0.15, -0.1) is 0 Å². The Morgan fingerprint density at radius 1 is 0.267 bits per heavy atom. The van der Waals surface area contributed by atoms with E-state index in [1.54, 1.807) is 0 Å². The Morgan fingerprint density at radius 2 is 0.556 bits per heavy atom. The maximum atomic E-state index is 3.70. The average Bonchev–Trinajstić information content (AvgIpc) is 3.08. The lowest BCUT2D eigenvalue weighted by atomic mass is 9.99. The van der Waals surface area contributed by atoms with Crippen LogP contribution in [0.1, 0.15) is 71.9 Å². The summed E-state index contributed by atoms with van der Waals surface area (Å²) in [6.45, 7) is 6.44. The molecule has 45 heavy (non-hydrogen) atoms. The van der Waals surface area contributed by atoms with Gasteiger partial charge in [-0.2, -0.15) is 0 Å². The molecule has 4 rings (SSSR count). The molecule has 0 fully saturated rings. The molecule has 0 aliphatic rings. The molecule has 3 N–H and O–H groups in total. The number of nitrogens with one attached hydrogen (secondary N) is 3. The van der Waals surface area contributed by atoms with Gasteiger partial charge in [-0.3, -0.25) is 0 Å². The molecular weight excluding hydrogens is 546 g/mol. The van der Waals surface area contributed by atoms with Crippen LogP contribution in [0.3, 0.4) is 0 Å². The van der Waals surface area contributed by atoms with Gasteiger partial charge in [0.25, 0.3) is 0 Å². The first-order valence-electron chi connectivity index (χ1n) is 17.7. The largest absolute Gasteiger partial charge is 0.316 e. The van der Waals surface area contributed by atoms with E-state index in [-0.39, 0.29) is 0 Å². The van der Waals surface area contributed by atoms with Crippen molar-refractivity contribution in [3.05, 3.63) is 143 Å². The summed E-state index contributed by atoms with van der Waals surface area (Å²) in [6.07, 6.45) is 14.2. The van der Waals surface area contributed by atoms with E-state index in [2.05, 4.69) is 125 Å². The maximum absolute atomic E-state index is 3.70. The molecule has 0 aromatic heterocycles. The molecule has 0 heterocycles. The molecule has 3 heteroatoms. The van der Waals surface area contributed by atoms with Crippen molar-refractivity contribution >= 4 is 0 Å². The summed E-state index contributed by atoms with van der Waals surface area (Å²) >= 11 is 0. The van der Waals surface area contributed by atoms with Crippen LogP contribution >= 0.6 is 0 Å². The van der Waals surface area contributed by atoms with Gasteiger partial charge in [0.2, 0.25) is 0 Å². The van der Waals surface area contributed by atoms with Crippen molar-refractivity contribution < 1.29 is 0 Å². The third-order valence-corrected chi connectivity index (χ3v) is 8.62. The second kappa shape index (κ2) is 22.3. The van der Waals surface area contributed by atoms with E-state index in [0.29, 0.717) is 0 Å². The van der Waals surface area contributed by atoms with Crippen LogP contribution in [0.4, 0.5) is 0 Å². The minimum absolute atomic E-state index is 1.05. The molecule has 4 aromatic rings. The van der Waals surface area contributed by atoms with Crippen molar-refractivity contribution in [3.63, 3.8) is 0 Å². The van der Waals surface area contributed by atoms with E-state index >= 15 is 0 Å². The summed E-state index contributed by atoms with van der Waals surface area (Å²) in [6, 6.07) is 39.9. The monoisotopic (exact) mass is 603 g/mol. The minimum Gasteiger partial charge on any atom is -0.316 e. The van der Waals surface area contributed by atoms with E-state index in [4.69, 9.17) is 0 Å². The summed E-state index contributed by atoms with van der Waals surface area (Å²) in [5.41, 5.74) is 8.78. The Morgan fingerprint density at radius 3 is 0.844 bits per heavy atom. The Balaban J connectivity index is 1.14. The molecule has 0 bridgehead atoms. The molecule has 0 saturated carbocycles. The lowest BCUT2D eigenvalue weighted by molar-refractivity contribution is 0.616. The molecule has 0 radical (unpaired) electrons. The molecule has 0 atom stereocenters. The standard InChI is InChI=1S/C42H57N3/c1-4-16-37(17-5-1)22-10-13-28-43-31-25-40-34-41(26-32-44-29-14-11-23-38-18-6-2-7-19-38)36-42(35-40)27-33-45-30-15-12-24-39-20-8-3-9-21-39/h1-9,16-21,34-36,43-45H,10-15,22-33H2. The third kappa shape index (κ3) is 15.5. The van der Waals surface area contributed by atoms with E-state index < -0.39 is 0 Å². The fourth-order valence-electron chi connectivity index (χ4n) is 6.02. The van der Waals surface area contributed by atoms with Crippen LogP contribution in [-0.2, 0) is 38.5 Å². The van der Waals surface area contributed by atoms with Gasteiger partial charge in [-0.05, 0) is 150 Å². The van der Waals surface area contributed by atoms with Gasteiger partial charge >= 0.3 is 0 Å². The predicted octanol–water partition coefficient (Wildman–Crippen LogP) is 8.15. The molecule has 0 unspecified atom stereocenters. The highest BCUT2D eigenvalue weighted by molar-refractivity contribution is 5.31. The van der Waals surface area contributed by atoms with Gasteiger partial charge < -0.3 is 16.0 Å². The van der Waals surface area contributed by atoms with Crippen molar-refractivity contribution in [2.75, 3.05) is 39.3 Å². The number of hydrogen-bond acceptors (Lipinski definition) is 3. The van der Waals surface area contributed by atoms with Gasteiger partial charge in [0.15, 0.2) is 0 Å². The van der Waals surface area contributed by atoms with E-state index in [0.717, 1.165) is 58.5 Å². The fourth-order valence-corrected chi connectivity index (χ4v) is 6.02. The Bertz CT molecular complexity index is 1100. The number of unbranched alkanes of at least 4 members (excludes halogenated alkanes) is 3. The third-order valence-electron chi connectivity index (χ3n) is 8.62. The molecule has 3 nitrogen and oxygen atoms in total. The Hall–Kier alpha value is -3.24. The van der Waals surface area contributed by atoms with Crippen molar-refractivity contribution in [1.82, 2.24) is 16.0 Å². The number of benzene rings is 4. The quantitative estimate of drug-likeness (QED) is 0.0708. The normalized spacial score (nSPS) is 11.2. The van der Waals surface area contributed by atoms with Crippen molar-refractivity contribution in [3.8, 4) is 0 Å².